The van der Waals surface area contributed by atoms with Crippen molar-refractivity contribution in [1.29, 1.82) is 0 Å². The lowest BCUT2D eigenvalue weighted by molar-refractivity contribution is -0.116. The molecule has 3 atom stereocenters. The van der Waals surface area contributed by atoms with Crippen molar-refractivity contribution >= 4 is 5.78 Å². The molecule has 0 saturated heterocycles. The Hall–Kier alpha value is -0.850. The Bertz CT molecular complexity index is 522. The molecular weight excluding hydrogens is 292 g/mol. The second-order valence-corrected chi connectivity index (χ2v) is 9.47. The number of rotatable bonds is 6. The molecular formula is C23H38O. The maximum atomic E-state index is 11.1. The van der Waals surface area contributed by atoms with Crippen molar-refractivity contribution in [2.24, 2.45) is 22.7 Å². The summed E-state index contributed by atoms with van der Waals surface area (Å²) in [5, 5.41) is 0. The number of carbonyl (C=O) groups excluding carboxylic acids is 1. The van der Waals surface area contributed by atoms with Gasteiger partial charge in [-0.3, -0.25) is 0 Å². The van der Waals surface area contributed by atoms with E-state index in [1.54, 1.807) is 12.5 Å². The van der Waals surface area contributed by atoms with Gasteiger partial charge in [0, 0.05) is 6.42 Å². The van der Waals surface area contributed by atoms with Gasteiger partial charge in [0.15, 0.2) is 0 Å². The first kappa shape index (κ1) is 19.5. The molecule has 0 N–H and O–H groups in total. The van der Waals surface area contributed by atoms with Crippen molar-refractivity contribution in [3.05, 3.63) is 23.3 Å². The van der Waals surface area contributed by atoms with Gasteiger partial charge in [0.1, 0.15) is 5.78 Å². The topological polar surface area (TPSA) is 17.1 Å². The number of hydrogen-bond acceptors (Lipinski definition) is 1. The van der Waals surface area contributed by atoms with Crippen molar-refractivity contribution < 1.29 is 4.79 Å². The first-order chi connectivity index (χ1) is 11.2. The van der Waals surface area contributed by atoms with Crippen LogP contribution in [0.25, 0.3) is 0 Å². The SMILES string of the molecule is CC(=O)CC/C=C(/C)CC[C@H]1C(C)=CC[C@@H]2C(C)(C)CCC[C@]21C. The first-order valence-electron chi connectivity index (χ1n) is 9.98. The summed E-state index contributed by atoms with van der Waals surface area (Å²) in [7, 11) is 0. The van der Waals surface area contributed by atoms with Crippen molar-refractivity contribution in [3.8, 4) is 0 Å². The zero-order valence-electron chi connectivity index (χ0n) is 16.9. The fourth-order valence-corrected chi connectivity index (χ4v) is 5.69. The summed E-state index contributed by atoms with van der Waals surface area (Å²) in [4.78, 5) is 11.1. The molecule has 0 aromatic heterocycles. The maximum Gasteiger partial charge on any atom is 0.130 e. The smallest absolute Gasteiger partial charge is 0.130 e. The summed E-state index contributed by atoms with van der Waals surface area (Å²) >= 11 is 0. The predicted octanol–water partition coefficient (Wildman–Crippen LogP) is 6.88. The molecule has 2 rings (SSSR count). The zero-order chi connectivity index (χ0) is 18.0. The van der Waals surface area contributed by atoms with Crippen LogP contribution in [-0.4, -0.2) is 5.78 Å². The quantitative estimate of drug-likeness (QED) is 0.485. The van der Waals surface area contributed by atoms with Crippen LogP contribution < -0.4 is 0 Å². The molecule has 2 aliphatic carbocycles. The maximum absolute atomic E-state index is 11.1. The van der Waals surface area contributed by atoms with Crippen LogP contribution in [0.15, 0.2) is 23.3 Å². The summed E-state index contributed by atoms with van der Waals surface area (Å²) in [5.74, 6) is 1.85. The Labute approximate surface area is 150 Å². The number of ketones is 1. The van der Waals surface area contributed by atoms with Crippen molar-refractivity contribution in [1.82, 2.24) is 0 Å². The summed E-state index contributed by atoms with van der Waals surface area (Å²) in [6.45, 7) is 13.9. The van der Waals surface area contributed by atoms with Gasteiger partial charge in [-0.15, -0.1) is 0 Å². The molecule has 0 aromatic carbocycles. The predicted molar refractivity (Wildman–Crippen MR) is 104 cm³/mol. The second-order valence-electron chi connectivity index (χ2n) is 9.47. The Kier molecular flexibility index (Phi) is 6.15. The molecule has 0 heterocycles. The highest BCUT2D eigenvalue weighted by Crippen LogP contribution is 2.60. The molecule has 0 spiro atoms. The van der Waals surface area contributed by atoms with E-state index in [9.17, 15) is 4.79 Å². The van der Waals surface area contributed by atoms with Gasteiger partial charge in [-0.05, 0) is 82.0 Å². The molecule has 1 saturated carbocycles. The van der Waals surface area contributed by atoms with Gasteiger partial charge < -0.3 is 4.79 Å². The van der Waals surface area contributed by atoms with Gasteiger partial charge in [-0.1, -0.05) is 50.5 Å². The molecule has 0 aliphatic heterocycles. The number of fused-ring (bicyclic) bond motifs is 1. The van der Waals surface area contributed by atoms with Crippen LogP contribution in [0.5, 0.6) is 0 Å². The summed E-state index contributed by atoms with van der Waals surface area (Å²) in [5.41, 5.74) is 4.04. The van der Waals surface area contributed by atoms with E-state index in [1.165, 1.54) is 44.1 Å². The van der Waals surface area contributed by atoms with Crippen LogP contribution in [0.2, 0.25) is 0 Å². The minimum Gasteiger partial charge on any atom is -0.300 e. The van der Waals surface area contributed by atoms with Gasteiger partial charge in [0.25, 0.3) is 0 Å². The second kappa shape index (κ2) is 7.58. The van der Waals surface area contributed by atoms with Gasteiger partial charge >= 0.3 is 0 Å². The van der Waals surface area contributed by atoms with Crippen LogP contribution in [0, 0.1) is 22.7 Å². The largest absolute Gasteiger partial charge is 0.300 e. The summed E-state index contributed by atoms with van der Waals surface area (Å²) < 4.78 is 0. The molecule has 24 heavy (non-hydrogen) atoms. The number of allylic oxidation sites excluding steroid dienone is 4. The lowest BCUT2D eigenvalue weighted by atomic mass is 9.48. The highest BCUT2D eigenvalue weighted by atomic mass is 16.1. The molecule has 1 nitrogen and oxygen atoms in total. The highest BCUT2D eigenvalue weighted by molar-refractivity contribution is 5.75. The molecule has 0 amide bonds. The minimum absolute atomic E-state index is 0.296. The molecule has 0 radical (unpaired) electrons. The molecule has 1 heteroatoms. The van der Waals surface area contributed by atoms with Gasteiger partial charge in [0.05, 0.1) is 0 Å². The third kappa shape index (κ3) is 4.21. The van der Waals surface area contributed by atoms with E-state index >= 15 is 0 Å². The van der Waals surface area contributed by atoms with Crippen molar-refractivity contribution in [3.63, 3.8) is 0 Å². The molecule has 1 fully saturated rings. The fraction of sp³-hybridized carbons (Fsp3) is 0.783. The van der Waals surface area contributed by atoms with Crippen LogP contribution in [-0.2, 0) is 4.79 Å². The zero-order valence-corrected chi connectivity index (χ0v) is 16.9. The number of hydrogen-bond donors (Lipinski definition) is 0. The lowest BCUT2D eigenvalue weighted by Crippen LogP contribution is -2.48. The van der Waals surface area contributed by atoms with Gasteiger partial charge in [-0.2, -0.15) is 0 Å². The minimum atomic E-state index is 0.296. The van der Waals surface area contributed by atoms with Gasteiger partial charge in [-0.25, -0.2) is 0 Å². The average molecular weight is 331 g/mol. The first-order valence-corrected chi connectivity index (χ1v) is 9.98. The van der Waals surface area contributed by atoms with Crippen LogP contribution in [0.3, 0.4) is 0 Å². The highest BCUT2D eigenvalue weighted by Gasteiger charge is 2.51. The van der Waals surface area contributed by atoms with E-state index in [0.717, 1.165) is 18.3 Å². The number of carbonyl (C=O) groups is 1. The Balaban J connectivity index is 2.06. The summed E-state index contributed by atoms with van der Waals surface area (Å²) in [6.07, 6.45) is 14.3. The third-order valence-electron chi connectivity index (χ3n) is 7.11. The van der Waals surface area contributed by atoms with E-state index in [0.29, 0.717) is 23.0 Å². The summed E-state index contributed by atoms with van der Waals surface area (Å²) in [6, 6.07) is 0. The molecule has 2 aliphatic rings. The normalized spacial score (nSPS) is 32.9. The van der Waals surface area contributed by atoms with Gasteiger partial charge in [0.2, 0.25) is 0 Å². The van der Waals surface area contributed by atoms with E-state index in [-0.39, 0.29) is 0 Å². The van der Waals surface area contributed by atoms with Crippen LogP contribution >= 0.6 is 0 Å². The Morgan fingerprint density at radius 3 is 2.58 bits per heavy atom. The van der Waals surface area contributed by atoms with Crippen molar-refractivity contribution in [2.45, 2.75) is 92.9 Å². The van der Waals surface area contributed by atoms with Crippen LogP contribution in [0.4, 0.5) is 0 Å². The molecule has 0 bridgehead atoms. The molecule has 136 valence electrons. The average Bonchev–Trinajstić information content (AvgIpc) is 2.45. The standard InChI is InChI=1S/C23H38O/c1-17(9-7-10-19(3)24)11-13-20-18(2)12-14-21-22(4,5)15-8-16-23(20,21)6/h9,12,20-21H,7-8,10-11,13-16H2,1-6H3/b17-9-/t20-,21+,23-/m0/s1. The fourth-order valence-electron chi connectivity index (χ4n) is 5.69. The van der Waals surface area contributed by atoms with E-state index in [2.05, 4.69) is 46.8 Å². The lowest BCUT2D eigenvalue weighted by Gasteiger charge is -2.57. The van der Waals surface area contributed by atoms with E-state index in [4.69, 9.17) is 0 Å². The van der Waals surface area contributed by atoms with Crippen LogP contribution in [0.1, 0.15) is 92.9 Å². The monoisotopic (exact) mass is 330 g/mol. The third-order valence-corrected chi connectivity index (χ3v) is 7.11. The molecule has 0 unspecified atom stereocenters. The van der Waals surface area contributed by atoms with E-state index in [1.807, 2.05) is 0 Å². The van der Waals surface area contributed by atoms with Crippen molar-refractivity contribution in [2.75, 3.05) is 0 Å². The Morgan fingerprint density at radius 2 is 1.92 bits per heavy atom. The van der Waals surface area contributed by atoms with E-state index < -0.39 is 0 Å². The molecule has 0 aromatic rings. The number of Topliss-reactive ketones (excluding diaryl/α,β-unsaturated/α-hetero) is 1. The Morgan fingerprint density at radius 1 is 1.21 bits per heavy atom.